The first-order chi connectivity index (χ1) is 9.12. The van der Waals surface area contributed by atoms with Crippen LogP contribution in [0.2, 0.25) is 5.02 Å². The summed E-state index contributed by atoms with van der Waals surface area (Å²) in [5.74, 6) is 0.992. The molecule has 1 heterocycles. The van der Waals surface area contributed by atoms with E-state index in [9.17, 15) is 0 Å². The molecule has 0 amide bonds. The van der Waals surface area contributed by atoms with Crippen LogP contribution in [0.3, 0.4) is 0 Å². The number of nitriles is 1. The highest BCUT2D eigenvalue weighted by Gasteiger charge is 2.06. The van der Waals surface area contributed by atoms with Crippen LogP contribution in [-0.4, -0.2) is 17.1 Å². The Bertz CT molecular complexity index is 652. The van der Waals surface area contributed by atoms with E-state index in [4.69, 9.17) is 21.6 Å². The maximum Gasteiger partial charge on any atom is 0.228 e. The van der Waals surface area contributed by atoms with Gasteiger partial charge in [-0.1, -0.05) is 11.6 Å². The van der Waals surface area contributed by atoms with Gasteiger partial charge in [0, 0.05) is 11.8 Å². The molecule has 2 aromatic rings. The van der Waals surface area contributed by atoms with Gasteiger partial charge in [0.05, 0.1) is 17.8 Å². The zero-order valence-corrected chi connectivity index (χ0v) is 11.2. The van der Waals surface area contributed by atoms with E-state index in [0.29, 0.717) is 33.8 Å². The molecule has 0 aliphatic rings. The van der Waals surface area contributed by atoms with Gasteiger partial charge >= 0.3 is 0 Å². The zero-order chi connectivity index (χ0) is 13.8. The average Bonchev–Trinajstić information content (AvgIpc) is 2.40. The molecular formula is C13H11ClN4O. The predicted octanol–water partition coefficient (Wildman–Crippen LogP) is 3.06. The van der Waals surface area contributed by atoms with Gasteiger partial charge < -0.3 is 10.1 Å². The maximum absolute atomic E-state index is 8.88. The Morgan fingerprint density at radius 3 is 2.79 bits per heavy atom. The molecule has 0 spiro atoms. The van der Waals surface area contributed by atoms with E-state index in [1.807, 2.05) is 6.07 Å². The number of nitrogens with zero attached hydrogens (tertiary/aromatic N) is 3. The number of rotatable bonds is 3. The molecule has 1 aromatic carbocycles. The number of ether oxygens (including phenoxy) is 1. The second-order valence-electron chi connectivity index (χ2n) is 3.80. The van der Waals surface area contributed by atoms with Gasteiger partial charge in [0.1, 0.15) is 17.5 Å². The lowest BCUT2D eigenvalue weighted by atomic mass is 10.3. The first-order valence-corrected chi connectivity index (χ1v) is 5.86. The number of benzene rings is 1. The SMILES string of the molecule is COc1ccc(Cl)c(Nc2nc(C)cc(C#N)n2)c1. The first kappa shape index (κ1) is 13.1. The topological polar surface area (TPSA) is 70.8 Å². The number of nitrogens with one attached hydrogen (secondary N) is 1. The minimum atomic E-state index is 0.300. The Morgan fingerprint density at radius 2 is 2.11 bits per heavy atom. The van der Waals surface area contributed by atoms with Crippen LogP contribution in [-0.2, 0) is 0 Å². The molecule has 0 unspecified atom stereocenters. The molecule has 6 heteroatoms. The molecule has 0 fully saturated rings. The highest BCUT2D eigenvalue weighted by molar-refractivity contribution is 6.33. The Morgan fingerprint density at radius 1 is 1.32 bits per heavy atom. The minimum absolute atomic E-state index is 0.300. The molecule has 0 radical (unpaired) electrons. The third kappa shape index (κ3) is 3.12. The van der Waals surface area contributed by atoms with Crippen LogP contribution in [0.4, 0.5) is 11.6 Å². The molecule has 0 aliphatic carbocycles. The van der Waals surface area contributed by atoms with E-state index in [0.717, 1.165) is 0 Å². The lowest BCUT2D eigenvalue weighted by Crippen LogP contribution is -2.01. The second kappa shape index (κ2) is 5.55. The number of anilines is 2. The van der Waals surface area contributed by atoms with Crippen LogP contribution < -0.4 is 10.1 Å². The zero-order valence-electron chi connectivity index (χ0n) is 10.4. The fourth-order valence-electron chi connectivity index (χ4n) is 1.53. The number of aryl methyl sites for hydroxylation is 1. The predicted molar refractivity (Wildman–Crippen MR) is 72.8 cm³/mol. The summed E-state index contributed by atoms with van der Waals surface area (Å²) in [6.07, 6.45) is 0. The van der Waals surface area contributed by atoms with E-state index in [1.54, 1.807) is 38.3 Å². The van der Waals surface area contributed by atoms with Crippen molar-refractivity contribution >= 4 is 23.2 Å². The number of hydrogen-bond acceptors (Lipinski definition) is 5. The number of hydrogen-bond donors (Lipinski definition) is 1. The van der Waals surface area contributed by atoms with Crippen molar-refractivity contribution in [3.05, 3.63) is 40.7 Å². The van der Waals surface area contributed by atoms with Crippen molar-refractivity contribution in [1.29, 1.82) is 5.26 Å². The van der Waals surface area contributed by atoms with E-state index in [-0.39, 0.29) is 0 Å². The quantitative estimate of drug-likeness (QED) is 0.931. The fourth-order valence-corrected chi connectivity index (χ4v) is 1.69. The second-order valence-corrected chi connectivity index (χ2v) is 4.21. The van der Waals surface area contributed by atoms with E-state index in [2.05, 4.69) is 15.3 Å². The van der Waals surface area contributed by atoms with Crippen molar-refractivity contribution in [1.82, 2.24) is 9.97 Å². The Hall–Kier alpha value is -2.32. The molecule has 96 valence electrons. The molecular weight excluding hydrogens is 264 g/mol. The summed E-state index contributed by atoms with van der Waals surface area (Å²) in [5, 5.41) is 12.4. The molecule has 5 nitrogen and oxygen atoms in total. The van der Waals surface area contributed by atoms with Gasteiger partial charge in [-0.05, 0) is 25.1 Å². The molecule has 0 aliphatic heterocycles. The van der Waals surface area contributed by atoms with Crippen molar-refractivity contribution in [2.24, 2.45) is 0 Å². The summed E-state index contributed by atoms with van der Waals surface area (Å²) in [7, 11) is 1.57. The molecule has 1 N–H and O–H groups in total. The largest absolute Gasteiger partial charge is 0.497 e. The molecule has 2 rings (SSSR count). The fraction of sp³-hybridized carbons (Fsp3) is 0.154. The number of halogens is 1. The van der Waals surface area contributed by atoms with Gasteiger partial charge in [-0.15, -0.1) is 0 Å². The van der Waals surface area contributed by atoms with Crippen LogP contribution in [0, 0.1) is 18.3 Å². The summed E-state index contributed by atoms with van der Waals surface area (Å²) in [6, 6.07) is 8.80. The van der Waals surface area contributed by atoms with Crippen LogP contribution in [0.1, 0.15) is 11.4 Å². The Balaban J connectivity index is 2.36. The summed E-state index contributed by atoms with van der Waals surface area (Å²) in [4.78, 5) is 8.26. The molecule has 0 atom stereocenters. The van der Waals surface area contributed by atoms with Gasteiger partial charge in [-0.2, -0.15) is 5.26 Å². The van der Waals surface area contributed by atoms with E-state index >= 15 is 0 Å². The van der Waals surface area contributed by atoms with Crippen molar-refractivity contribution < 1.29 is 4.74 Å². The van der Waals surface area contributed by atoms with Gasteiger partial charge in [-0.25, -0.2) is 9.97 Å². The van der Waals surface area contributed by atoms with Crippen LogP contribution in [0.5, 0.6) is 5.75 Å². The first-order valence-electron chi connectivity index (χ1n) is 5.48. The monoisotopic (exact) mass is 274 g/mol. The van der Waals surface area contributed by atoms with Gasteiger partial charge in [0.15, 0.2) is 0 Å². The van der Waals surface area contributed by atoms with E-state index in [1.165, 1.54) is 0 Å². The number of aromatic nitrogens is 2. The summed E-state index contributed by atoms with van der Waals surface area (Å²) >= 11 is 6.08. The average molecular weight is 275 g/mol. The van der Waals surface area contributed by atoms with Crippen LogP contribution in [0.25, 0.3) is 0 Å². The molecule has 0 bridgehead atoms. The summed E-state index contributed by atoms with van der Waals surface area (Å²) in [5.41, 5.74) is 1.62. The van der Waals surface area contributed by atoms with Crippen LogP contribution in [0.15, 0.2) is 24.3 Å². The normalized spacial score (nSPS) is 9.79. The lowest BCUT2D eigenvalue weighted by molar-refractivity contribution is 0.415. The summed E-state index contributed by atoms with van der Waals surface area (Å²) in [6.45, 7) is 1.79. The van der Waals surface area contributed by atoms with Gasteiger partial charge in [0.25, 0.3) is 0 Å². The van der Waals surface area contributed by atoms with E-state index < -0.39 is 0 Å². The minimum Gasteiger partial charge on any atom is -0.497 e. The van der Waals surface area contributed by atoms with Crippen molar-refractivity contribution in [2.75, 3.05) is 12.4 Å². The lowest BCUT2D eigenvalue weighted by Gasteiger charge is -2.09. The van der Waals surface area contributed by atoms with Crippen LogP contribution >= 0.6 is 11.6 Å². The smallest absolute Gasteiger partial charge is 0.228 e. The highest BCUT2D eigenvalue weighted by Crippen LogP contribution is 2.28. The van der Waals surface area contributed by atoms with Crippen molar-refractivity contribution in [2.45, 2.75) is 6.92 Å². The third-order valence-corrected chi connectivity index (χ3v) is 2.72. The molecule has 0 saturated heterocycles. The Labute approximate surface area is 115 Å². The third-order valence-electron chi connectivity index (χ3n) is 2.39. The van der Waals surface area contributed by atoms with Crippen molar-refractivity contribution in [3.63, 3.8) is 0 Å². The standard InChI is InChI=1S/C13H11ClN4O/c1-8-5-9(7-15)17-13(16-8)18-12-6-10(19-2)3-4-11(12)14/h3-6H,1-2H3,(H,16,17,18). The summed E-state index contributed by atoms with van der Waals surface area (Å²) < 4.78 is 5.12. The Kier molecular flexibility index (Phi) is 3.83. The van der Waals surface area contributed by atoms with Gasteiger partial charge in [0.2, 0.25) is 5.95 Å². The maximum atomic E-state index is 8.88. The highest BCUT2D eigenvalue weighted by atomic mass is 35.5. The molecule has 19 heavy (non-hydrogen) atoms. The molecule has 1 aromatic heterocycles. The number of methoxy groups -OCH3 is 1. The molecule has 0 saturated carbocycles. The van der Waals surface area contributed by atoms with Gasteiger partial charge in [-0.3, -0.25) is 0 Å². The van der Waals surface area contributed by atoms with Crippen molar-refractivity contribution in [3.8, 4) is 11.8 Å².